The van der Waals surface area contributed by atoms with E-state index in [4.69, 9.17) is 11.6 Å². The van der Waals surface area contributed by atoms with Crippen LogP contribution >= 0.6 is 22.9 Å². The summed E-state index contributed by atoms with van der Waals surface area (Å²) in [5, 5.41) is 27.0. The van der Waals surface area contributed by atoms with Crippen LogP contribution in [0.3, 0.4) is 0 Å². The smallest absolute Gasteiger partial charge is 0.229 e. The topological polar surface area (TPSA) is 125 Å². The lowest BCUT2D eigenvalue weighted by molar-refractivity contribution is -0.132. The van der Waals surface area contributed by atoms with Crippen molar-refractivity contribution < 1.29 is 15.0 Å². The van der Waals surface area contributed by atoms with E-state index in [9.17, 15) is 15.0 Å². The lowest BCUT2D eigenvalue weighted by Gasteiger charge is -2.23. The van der Waals surface area contributed by atoms with Gasteiger partial charge in [-0.05, 0) is 30.4 Å². The molecule has 5 atom stereocenters. The molecule has 31 heavy (non-hydrogen) atoms. The zero-order chi connectivity index (χ0) is 21.9. The molecule has 0 radical (unpaired) electrons. The van der Waals surface area contributed by atoms with E-state index in [0.29, 0.717) is 27.7 Å². The average molecular weight is 459 g/mol. The number of aliphatic hydroxyl groups excluding tert-OH is 2. The first-order valence-corrected chi connectivity index (χ1v) is 10.9. The molecule has 0 saturated heterocycles. The minimum absolute atomic E-state index is 0.217. The molecule has 3 aromatic rings. The highest BCUT2D eigenvalue weighted by molar-refractivity contribution is 7.16. The fourth-order valence-corrected chi connectivity index (χ4v) is 5.55. The second-order valence-electron chi connectivity index (χ2n) is 7.68. The van der Waals surface area contributed by atoms with Gasteiger partial charge in [-0.1, -0.05) is 11.6 Å². The van der Waals surface area contributed by atoms with E-state index in [-0.39, 0.29) is 17.6 Å². The second kappa shape index (κ2) is 7.17. The summed E-state index contributed by atoms with van der Waals surface area (Å²) in [5.74, 6) is 6.25. The molecule has 0 bridgehead atoms. The van der Waals surface area contributed by atoms with Gasteiger partial charge in [0, 0.05) is 20.0 Å². The highest BCUT2D eigenvalue weighted by Gasteiger charge is 2.75. The number of nitrogens with zero attached hydrogens (tertiary/aromatic N) is 4. The third-order valence-corrected chi connectivity index (χ3v) is 7.32. The van der Waals surface area contributed by atoms with E-state index >= 15 is 0 Å². The van der Waals surface area contributed by atoms with Crippen LogP contribution in [0.5, 0.6) is 0 Å². The summed E-state index contributed by atoms with van der Waals surface area (Å²) < 4.78 is 2.37. The highest BCUT2D eigenvalue weighted by atomic mass is 35.5. The number of imidazole rings is 1. The number of thiophene rings is 1. The van der Waals surface area contributed by atoms with Crippen molar-refractivity contribution in [1.29, 1.82) is 0 Å². The first kappa shape index (κ1) is 20.2. The summed E-state index contributed by atoms with van der Waals surface area (Å²) >= 11 is 7.32. The van der Waals surface area contributed by atoms with Gasteiger partial charge in [0.1, 0.15) is 6.10 Å². The summed E-state index contributed by atoms with van der Waals surface area (Å²) in [6.07, 6.45) is -0.224. The van der Waals surface area contributed by atoms with Crippen LogP contribution in [0, 0.1) is 23.2 Å². The maximum Gasteiger partial charge on any atom is 0.229 e. The van der Waals surface area contributed by atoms with Crippen molar-refractivity contribution in [1.82, 2.24) is 24.8 Å². The van der Waals surface area contributed by atoms with Crippen LogP contribution in [-0.2, 0) is 4.79 Å². The van der Waals surface area contributed by atoms with Gasteiger partial charge in [-0.2, -0.15) is 0 Å². The number of fused-ring (bicyclic) bond motifs is 2. The first-order valence-electron chi connectivity index (χ1n) is 9.68. The predicted molar refractivity (Wildman–Crippen MR) is 116 cm³/mol. The van der Waals surface area contributed by atoms with E-state index in [2.05, 4.69) is 37.4 Å². The molecule has 2 saturated carbocycles. The lowest BCUT2D eigenvalue weighted by atomic mass is 9.98. The largest absolute Gasteiger partial charge is 0.389 e. The molecule has 1 amide bonds. The normalized spacial score (nSPS) is 28.7. The number of hydrogen-bond acceptors (Lipinski definition) is 8. The second-order valence-corrected chi connectivity index (χ2v) is 9.39. The quantitative estimate of drug-likeness (QED) is 0.432. The Morgan fingerprint density at radius 3 is 2.81 bits per heavy atom. The Bertz CT molecular complexity index is 1260. The molecule has 9 nitrogen and oxygen atoms in total. The molecule has 5 rings (SSSR count). The van der Waals surface area contributed by atoms with Crippen LogP contribution in [0.1, 0.15) is 23.2 Å². The summed E-state index contributed by atoms with van der Waals surface area (Å²) in [7, 11) is 3.26. The SMILES string of the molecule is CNC(=O)[C@]12C[C@@H]1[C@@H](n1cnc3c(NC)nc(C#Cc4ccc(Cl)s4)nc31)[C@@H](O)C2O. The molecule has 3 heterocycles. The van der Waals surface area contributed by atoms with Crippen molar-refractivity contribution in [3.8, 4) is 11.8 Å². The number of anilines is 1. The van der Waals surface area contributed by atoms with Gasteiger partial charge in [0.15, 0.2) is 17.0 Å². The Kier molecular flexibility index (Phi) is 4.67. The van der Waals surface area contributed by atoms with Gasteiger partial charge in [-0.15, -0.1) is 11.3 Å². The van der Waals surface area contributed by atoms with Crippen LogP contribution in [0.4, 0.5) is 5.82 Å². The zero-order valence-electron chi connectivity index (χ0n) is 16.6. The summed E-state index contributed by atoms with van der Waals surface area (Å²) in [4.78, 5) is 26.6. The van der Waals surface area contributed by atoms with Crippen molar-refractivity contribution in [2.45, 2.75) is 24.7 Å². The zero-order valence-corrected chi connectivity index (χ0v) is 18.2. The third-order valence-electron chi connectivity index (χ3n) is 6.17. The van der Waals surface area contributed by atoms with Gasteiger partial charge in [0.05, 0.1) is 33.1 Å². The molecule has 2 fully saturated rings. The van der Waals surface area contributed by atoms with Crippen molar-refractivity contribution in [3.63, 3.8) is 0 Å². The number of nitrogens with one attached hydrogen (secondary N) is 2. The van der Waals surface area contributed by atoms with Crippen LogP contribution in [0.25, 0.3) is 11.2 Å². The average Bonchev–Trinajstić information content (AvgIpc) is 3.02. The number of carbonyl (C=O) groups excluding carboxylic acids is 1. The minimum Gasteiger partial charge on any atom is -0.389 e. The molecule has 11 heteroatoms. The maximum absolute atomic E-state index is 12.4. The van der Waals surface area contributed by atoms with Crippen molar-refractivity contribution in [2.75, 3.05) is 19.4 Å². The molecule has 160 valence electrons. The number of amides is 1. The highest BCUT2D eigenvalue weighted by Crippen LogP contribution is 2.67. The fraction of sp³-hybridized carbons (Fsp3) is 0.400. The van der Waals surface area contributed by atoms with Gasteiger partial charge in [0.25, 0.3) is 0 Å². The van der Waals surface area contributed by atoms with Crippen LogP contribution in [0.15, 0.2) is 18.5 Å². The fourth-order valence-electron chi connectivity index (χ4n) is 4.65. The molecule has 0 spiro atoms. The molecule has 3 aromatic heterocycles. The van der Waals surface area contributed by atoms with E-state index < -0.39 is 23.7 Å². The summed E-state index contributed by atoms with van der Waals surface area (Å²) in [6.45, 7) is 0. The molecule has 0 aromatic carbocycles. The molecule has 2 aliphatic rings. The van der Waals surface area contributed by atoms with Crippen molar-refractivity contribution in [3.05, 3.63) is 33.5 Å². The van der Waals surface area contributed by atoms with Gasteiger partial charge < -0.3 is 25.4 Å². The maximum atomic E-state index is 12.4. The number of rotatable bonds is 3. The minimum atomic E-state index is -1.16. The lowest BCUT2D eigenvalue weighted by Crippen LogP contribution is -2.41. The molecule has 4 N–H and O–H groups in total. The number of carbonyl (C=O) groups is 1. The van der Waals surface area contributed by atoms with Crippen LogP contribution in [0.2, 0.25) is 4.34 Å². The molecule has 2 aliphatic carbocycles. The Morgan fingerprint density at radius 1 is 1.32 bits per heavy atom. The number of aliphatic hydroxyl groups is 2. The third kappa shape index (κ3) is 2.92. The Morgan fingerprint density at radius 2 is 2.13 bits per heavy atom. The van der Waals surface area contributed by atoms with Crippen molar-refractivity contribution in [2.24, 2.45) is 11.3 Å². The molecular weight excluding hydrogens is 440 g/mol. The molecule has 1 unspecified atom stereocenters. The number of aromatic nitrogens is 4. The molecular formula is C20H19ClN6O3S. The molecule has 0 aliphatic heterocycles. The van der Waals surface area contributed by atoms with Gasteiger partial charge in [-0.3, -0.25) is 4.79 Å². The Labute approximate surface area is 186 Å². The summed E-state index contributed by atoms with van der Waals surface area (Å²) in [6, 6.07) is 3.06. The standard InChI is InChI=1S/C20H19ClN6O3S/c1-22-17-13-18(26-12(25-17)6-4-9-3-5-11(21)31-9)27(8-24-13)14-10-7-20(10,19(30)23-2)16(29)15(14)28/h3,5,8,10,14-16,28-29H,7H2,1-2H3,(H,23,30)(H,22,25,26)/t10-,14-,15-,16?,20-/m1/s1. The van der Waals surface area contributed by atoms with Crippen LogP contribution in [-0.4, -0.2) is 61.9 Å². The number of hydrogen-bond donors (Lipinski definition) is 4. The Balaban J connectivity index is 1.58. The van der Waals surface area contributed by atoms with E-state index in [0.717, 1.165) is 4.88 Å². The predicted octanol–water partition coefficient (Wildman–Crippen LogP) is 1.01. The number of halogens is 1. The Hall–Kier alpha value is -2.71. The van der Waals surface area contributed by atoms with E-state index in [1.807, 2.05) is 6.07 Å². The van der Waals surface area contributed by atoms with E-state index in [1.165, 1.54) is 18.4 Å². The van der Waals surface area contributed by atoms with Gasteiger partial charge in [-0.25, -0.2) is 15.0 Å². The first-order chi connectivity index (χ1) is 14.9. The monoisotopic (exact) mass is 458 g/mol. The van der Waals surface area contributed by atoms with Gasteiger partial charge >= 0.3 is 0 Å². The summed E-state index contributed by atoms with van der Waals surface area (Å²) in [5.41, 5.74) is 0.0192. The van der Waals surface area contributed by atoms with Gasteiger partial charge in [0.2, 0.25) is 11.7 Å². The van der Waals surface area contributed by atoms with Crippen molar-refractivity contribution >= 4 is 45.8 Å². The van der Waals surface area contributed by atoms with E-state index in [1.54, 1.807) is 24.0 Å². The van der Waals surface area contributed by atoms with Crippen LogP contribution < -0.4 is 10.6 Å².